The maximum absolute atomic E-state index is 12.9. The Hall–Kier alpha value is -4.71. The number of phenolic OH excluding ortho intramolecular Hbond substituents is 1. The molecule has 220 valence electrons. The van der Waals surface area contributed by atoms with Crippen molar-refractivity contribution in [2.24, 2.45) is 11.7 Å². The quantitative estimate of drug-likeness (QED) is 0.161. The van der Waals surface area contributed by atoms with Gasteiger partial charge in [-0.1, -0.05) is 56.3 Å². The molecule has 2 aromatic rings. The van der Waals surface area contributed by atoms with E-state index in [0.29, 0.717) is 5.56 Å². The van der Waals surface area contributed by atoms with E-state index in [0.717, 1.165) is 5.56 Å². The monoisotopic (exact) mass is 567 g/mol. The Bertz CT molecular complexity index is 1250. The molecule has 0 aliphatic rings. The van der Waals surface area contributed by atoms with Crippen LogP contribution in [0.1, 0.15) is 38.3 Å². The first-order valence-corrected chi connectivity index (χ1v) is 13.1. The Balaban J connectivity index is 1.98. The van der Waals surface area contributed by atoms with Gasteiger partial charge in [0.15, 0.2) is 0 Å². The molecule has 0 saturated carbocycles. The van der Waals surface area contributed by atoms with Crippen LogP contribution in [-0.2, 0) is 30.4 Å². The van der Waals surface area contributed by atoms with Gasteiger partial charge < -0.3 is 37.2 Å². The van der Waals surface area contributed by atoms with E-state index in [1.54, 1.807) is 42.5 Å². The second kappa shape index (κ2) is 15.8. The molecular formula is C29H37N5O7. The first kappa shape index (κ1) is 32.5. The zero-order chi connectivity index (χ0) is 30.5. The molecule has 0 radical (unpaired) electrons. The molecular weight excluding hydrogens is 530 g/mol. The van der Waals surface area contributed by atoms with E-state index in [4.69, 9.17) is 5.73 Å². The third-order valence-electron chi connectivity index (χ3n) is 5.84. The summed E-state index contributed by atoms with van der Waals surface area (Å²) in [6, 6.07) is 11.7. The molecule has 0 aliphatic carbocycles. The lowest BCUT2D eigenvalue weighted by molar-refractivity contribution is -0.141. The Kier molecular flexibility index (Phi) is 12.5. The van der Waals surface area contributed by atoms with Crippen molar-refractivity contribution in [1.82, 2.24) is 21.3 Å². The molecule has 0 saturated heterocycles. The van der Waals surface area contributed by atoms with Crippen molar-refractivity contribution in [2.75, 3.05) is 6.54 Å². The third kappa shape index (κ3) is 11.5. The number of hydrogen-bond donors (Lipinski definition) is 7. The van der Waals surface area contributed by atoms with Crippen LogP contribution in [0.25, 0.3) is 6.08 Å². The molecule has 8 N–H and O–H groups in total. The van der Waals surface area contributed by atoms with E-state index in [-0.39, 0.29) is 30.2 Å². The number of carbonyl (C=O) groups is 5. The van der Waals surface area contributed by atoms with E-state index in [1.807, 2.05) is 13.8 Å². The minimum atomic E-state index is -1.21. The van der Waals surface area contributed by atoms with E-state index in [2.05, 4.69) is 21.3 Å². The van der Waals surface area contributed by atoms with Gasteiger partial charge in [0, 0.05) is 0 Å². The number of benzene rings is 2. The second-order valence-corrected chi connectivity index (χ2v) is 9.94. The highest BCUT2D eigenvalue weighted by atomic mass is 16.4. The number of nitrogens with two attached hydrogens (primary N) is 1. The van der Waals surface area contributed by atoms with Gasteiger partial charge in [-0.3, -0.25) is 19.2 Å². The van der Waals surface area contributed by atoms with E-state index < -0.39 is 54.3 Å². The molecule has 0 aromatic heterocycles. The fourth-order valence-corrected chi connectivity index (χ4v) is 3.68. The van der Waals surface area contributed by atoms with Gasteiger partial charge in [-0.2, -0.15) is 0 Å². The fraction of sp³-hybridized carbons (Fsp3) is 0.345. The Labute approximate surface area is 238 Å². The second-order valence-electron chi connectivity index (χ2n) is 9.94. The van der Waals surface area contributed by atoms with Crippen molar-refractivity contribution in [3.05, 3.63) is 71.4 Å². The fourth-order valence-electron chi connectivity index (χ4n) is 3.68. The van der Waals surface area contributed by atoms with Gasteiger partial charge in [0.25, 0.3) is 5.91 Å². The maximum Gasteiger partial charge on any atom is 0.326 e. The van der Waals surface area contributed by atoms with Crippen LogP contribution in [0.5, 0.6) is 5.75 Å². The molecule has 12 heteroatoms. The van der Waals surface area contributed by atoms with E-state index >= 15 is 0 Å². The number of carbonyl (C=O) groups excluding carboxylic acids is 4. The summed E-state index contributed by atoms with van der Waals surface area (Å²) in [5.41, 5.74) is 7.04. The van der Waals surface area contributed by atoms with Crippen LogP contribution < -0.4 is 27.0 Å². The molecule has 2 rings (SSSR count). The summed E-state index contributed by atoms with van der Waals surface area (Å²) in [7, 11) is 0. The van der Waals surface area contributed by atoms with Gasteiger partial charge in [0.1, 0.15) is 23.5 Å². The predicted octanol–water partition coefficient (Wildman–Crippen LogP) is 0.656. The molecule has 0 heterocycles. The number of nitrogens with one attached hydrogen (secondary N) is 4. The molecule has 12 nitrogen and oxygen atoms in total. The average Bonchev–Trinajstić information content (AvgIpc) is 2.92. The highest BCUT2D eigenvalue weighted by molar-refractivity contribution is 6.03. The first-order chi connectivity index (χ1) is 19.3. The summed E-state index contributed by atoms with van der Waals surface area (Å²) in [4.78, 5) is 62.1. The molecule has 41 heavy (non-hydrogen) atoms. The van der Waals surface area contributed by atoms with Gasteiger partial charge in [-0.05, 0) is 55.0 Å². The Morgan fingerprint density at radius 3 is 2.12 bits per heavy atom. The van der Waals surface area contributed by atoms with Crippen molar-refractivity contribution < 1.29 is 34.2 Å². The highest BCUT2D eigenvalue weighted by Crippen LogP contribution is 2.11. The minimum absolute atomic E-state index is 0.00685. The SMILES string of the molecule is CC(C)C[C@H](NC(=O)/C(=C/c1ccccc1)NC(=O)CNC(=O)[C@@H](C)NC(=O)[C@@H](N)Cc1ccc(O)cc1)C(=O)O. The number of hydrogen-bond acceptors (Lipinski definition) is 7. The normalized spacial score (nSPS) is 13.4. The smallest absolute Gasteiger partial charge is 0.326 e. The Morgan fingerprint density at radius 2 is 1.54 bits per heavy atom. The number of phenols is 1. The first-order valence-electron chi connectivity index (χ1n) is 13.1. The summed E-state index contributed by atoms with van der Waals surface area (Å²) in [6.07, 6.45) is 1.76. The third-order valence-corrected chi connectivity index (χ3v) is 5.84. The van der Waals surface area contributed by atoms with Gasteiger partial charge in [0.05, 0.1) is 12.6 Å². The minimum Gasteiger partial charge on any atom is -0.508 e. The largest absolute Gasteiger partial charge is 0.508 e. The van der Waals surface area contributed by atoms with E-state index in [1.165, 1.54) is 25.1 Å². The summed E-state index contributed by atoms with van der Waals surface area (Å²) in [5.74, 6) is -3.91. The number of aliphatic carboxylic acids is 1. The molecule has 4 amide bonds. The van der Waals surface area contributed by atoms with Gasteiger partial charge >= 0.3 is 5.97 Å². The lowest BCUT2D eigenvalue weighted by atomic mass is 10.0. The zero-order valence-corrected chi connectivity index (χ0v) is 23.2. The maximum atomic E-state index is 12.9. The van der Waals surface area contributed by atoms with Gasteiger partial charge in [-0.25, -0.2) is 4.79 Å². The zero-order valence-electron chi connectivity index (χ0n) is 23.2. The van der Waals surface area contributed by atoms with Gasteiger partial charge in [0.2, 0.25) is 17.7 Å². The number of amides is 4. The number of carboxylic acids is 1. The van der Waals surface area contributed by atoms with Crippen LogP contribution in [0.2, 0.25) is 0 Å². The van der Waals surface area contributed by atoms with Crippen molar-refractivity contribution in [3.8, 4) is 5.75 Å². The van der Waals surface area contributed by atoms with Crippen LogP contribution in [0.3, 0.4) is 0 Å². The van der Waals surface area contributed by atoms with Crippen molar-refractivity contribution in [1.29, 1.82) is 0 Å². The topological polar surface area (TPSA) is 200 Å². The lowest BCUT2D eigenvalue weighted by Crippen LogP contribution is -2.52. The standard InChI is InChI=1S/C29H37N5O7/c1-17(2)13-24(29(40)41)34-28(39)23(15-19-7-5-4-6-8-19)33-25(36)16-31-26(37)18(3)32-27(38)22(30)14-20-9-11-21(35)12-10-20/h4-12,15,17-18,22,24,35H,13-14,16,30H2,1-3H3,(H,31,37)(H,32,38)(H,33,36)(H,34,39)(H,40,41)/b23-15-/t18-,22+,24+/m1/s1. The summed E-state index contributed by atoms with van der Waals surface area (Å²) >= 11 is 0. The predicted molar refractivity (Wildman–Crippen MR) is 152 cm³/mol. The van der Waals surface area contributed by atoms with Crippen LogP contribution in [0, 0.1) is 5.92 Å². The van der Waals surface area contributed by atoms with Crippen LogP contribution in [0.15, 0.2) is 60.3 Å². The highest BCUT2D eigenvalue weighted by Gasteiger charge is 2.25. The lowest BCUT2D eigenvalue weighted by Gasteiger charge is -2.19. The van der Waals surface area contributed by atoms with Crippen LogP contribution in [0.4, 0.5) is 0 Å². The molecule has 0 fully saturated rings. The van der Waals surface area contributed by atoms with Crippen LogP contribution >= 0.6 is 0 Å². The number of carboxylic acid groups (broad SMARTS) is 1. The average molecular weight is 568 g/mol. The molecule has 2 aromatic carbocycles. The van der Waals surface area contributed by atoms with Crippen molar-refractivity contribution in [3.63, 3.8) is 0 Å². The Morgan fingerprint density at radius 1 is 0.902 bits per heavy atom. The molecule has 0 aliphatic heterocycles. The molecule has 0 bridgehead atoms. The number of aromatic hydroxyl groups is 1. The van der Waals surface area contributed by atoms with Gasteiger partial charge in [-0.15, -0.1) is 0 Å². The van der Waals surface area contributed by atoms with Crippen molar-refractivity contribution in [2.45, 2.75) is 51.7 Å². The summed E-state index contributed by atoms with van der Waals surface area (Å²) in [5, 5.41) is 28.6. The summed E-state index contributed by atoms with van der Waals surface area (Å²) in [6.45, 7) is 4.54. The van der Waals surface area contributed by atoms with Crippen LogP contribution in [-0.4, -0.2) is 64.5 Å². The molecule has 3 atom stereocenters. The summed E-state index contributed by atoms with van der Waals surface area (Å²) < 4.78 is 0. The molecule has 0 unspecified atom stereocenters. The molecule has 0 spiro atoms. The number of rotatable bonds is 14. The van der Waals surface area contributed by atoms with Crippen molar-refractivity contribution >= 4 is 35.7 Å². The van der Waals surface area contributed by atoms with E-state index in [9.17, 15) is 34.2 Å².